The van der Waals surface area contributed by atoms with Crippen LogP contribution in [0.2, 0.25) is 0 Å². The predicted molar refractivity (Wildman–Crippen MR) is 106 cm³/mol. The van der Waals surface area contributed by atoms with Crippen LogP contribution in [0, 0.1) is 16.7 Å². The first-order valence-electron chi connectivity index (χ1n) is 9.74. The number of aliphatic imine (C=N–C) groups is 1. The van der Waals surface area contributed by atoms with Crippen molar-refractivity contribution in [2.45, 2.75) is 44.7 Å². The molecule has 2 saturated carbocycles. The van der Waals surface area contributed by atoms with Gasteiger partial charge in [0.2, 0.25) is 5.91 Å². The first kappa shape index (κ1) is 20.1. The molecule has 0 spiro atoms. The third-order valence-corrected chi connectivity index (χ3v) is 5.46. The fraction of sp³-hybridized carbons (Fsp3) is 0.364. The Morgan fingerprint density at radius 3 is 2.73 bits per heavy atom. The van der Waals surface area contributed by atoms with Crippen LogP contribution in [0.3, 0.4) is 0 Å². The number of fused-ring (bicyclic) bond motifs is 1. The van der Waals surface area contributed by atoms with Gasteiger partial charge in [-0.15, -0.1) is 0 Å². The van der Waals surface area contributed by atoms with E-state index in [2.05, 4.69) is 21.4 Å². The SMILES string of the molecule is N#CC1(C(=O)N/C=C2\CCCC(=Nc3cc(C(F)(F)F)nc4ccccc34)C2)CC1. The predicted octanol–water partition coefficient (Wildman–Crippen LogP) is 5.20. The second-order valence-electron chi connectivity index (χ2n) is 7.72. The van der Waals surface area contributed by atoms with Gasteiger partial charge in [-0.05, 0) is 49.8 Å². The lowest BCUT2D eigenvalue weighted by atomic mass is 9.93. The number of nitrogens with zero attached hydrogens (tertiary/aromatic N) is 3. The summed E-state index contributed by atoms with van der Waals surface area (Å²) >= 11 is 0. The minimum atomic E-state index is -4.56. The summed E-state index contributed by atoms with van der Waals surface area (Å²) in [5, 5.41) is 12.4. The smallest absolute Gasteiger partial charge is 0.331 e. The molecule has 2 aliphatic carbocycles. The van der Waals surface area contributed by atoms with E-state index in [1.165, 1.54) is 0 Å². The van der Waals surface area contributed by atoms with Gasteiger partial charge in [-0.25, -0.2) is 4.98 Å². The van der Waals surface area contributed by atoms with Gasteiger partial charge in [0.15, 0.2) is 0 Å². The highest BCUT2D eigenvalue weighted by Gasteiger charge is 2.50. The van der Waals surface area contributed by atoms with Crippen LogP contribution in [0.15, 0.2) is 47.1 Å². The van der Waals surface area contributed by atoms with Gasteiger partial charge in [0, 0.05) is 23.7 Å². The van der Waals surface area contributed by atoms with Crippen LogP contribution in [0.25, 0.3) is 10.9 Å². The zero-order chi connectivity index (χ0) is 21.4. The largest absolute Gasteiger partial charge is 0.433 e. The quantitative estimate of drug-likeness (QED) is 0.752. The molecule has 2 aliphatic rings. The molecule has 1 aromatic heterocycles. The summed E-state index contributed by atoms with van der Waals surface area (Å²) < 4.78 is 39.8. The molecule has 5 nitrogen and oxygen atoms in total. The highest BCUT2D eigenvalue weighted by molar-refractivity contribution is 5.96. The molecule has 1 amide bonds. The molecule has 1 heterocycles. The van der Waals surface area contributed by atoms with Crippen LogP contribution < -0.4 is 5.32 Å². The number of hydrogen-bond donors (Lipinski definition) is 1. The maximum atomic E-state index is 13.3. The number of nitriles is 1. The number of alkyl halides is 3. The van der Waals surface area contributed by atoms with Crippen molar-refractivity contribution in [1.82, 2.24) is 10.3 Å². The molecular formula is C22H19F3N4O. The standard InChI is InChI=1S/C22H19F3N4O/c23-22(24,25)19-11-18(16-6-1-2-7-17(16)29-19)28-15-5-3-4-14(10-15)12-27-20(30)21(13-26)8-9-21/h1-2,6-7,11-12H,3-5,8-10H2,(H,27,30)/b14-12+,28-15?. The van der Waals surface area contributed by atoms with Gasteiger partial charge in [-0.2, -0.15) is 18.4 Å². The number of amides is 1. The number of rotatable bonds is 3. The molecule has 2 fully saturated rings. The Kier molecular flexibility index (Phi) is 5.06. The average Bonchev–Trinajstić information content (AvgIpc) is 3.53. The first-order chi connectivity index (χ1) is 14.3. The average molecular weight is 412 g/mol. The van der Waals surface area contributed by atoms with Crippen molar-refractivity contribution < 1.29 is 18.0 Å². The maximum absolute atomic E-state index is 13.3. The molecule has 1 N–H and O–H groups in total. The molecule has 8 heteroatoms. The monoisotopic (exact) mass is 412 g/mol. The van der Waals surface area contributed by atoms with Gasteiger partial charge in [0.1, 0.15) is 11.1 Å². The number of carbonyl (C=O) groups is 1. The van der Waals surface area contributed by atoms with Crippen LogP contribution in [0.4, 0.5) is 18.9 Å². The molecule has 30 heavy (non-hydrogen) atoms. The zero-order valence-electron chi connectivity index (χ0n) is 16.1. The van der Waals surface area contributed by atoms with Crippen LogP contribution in [0.5, 0.6) is 0 Å². The summed E-state index contributed by atoms with van der Waals surface area (Å²) in [5.41, 5.74) is 0.327. The lowest BCUT2D eigenvalue weighted by molar-refractivity contribution is -0.140. The Morgan fingerprint density at radius 2 is 2.03 bits per heavy atom. The molecule has 0 aliphatic heterocycles. The van der Waals surface area contributed by atoms with E-state index >= 15 is 0 Å². The number of carbonyl (C=O) groups excluding carboxylic acids is 1. The molecular weight excluding hydrogens is 393 g/mol. The van der Waals surface area contributed by atoms with E-state index in [-0.39, 0.29) is 17.1 Å². The van der Waals surface area contributed by atoms with Crippen LogP contribution in [0.1, 0.15) is 44.2 Å². The first-order valence-corrected chi connectivity index (χ1v) is 9.74. The number of nitrogens with one attached hydrogen (secondary N) is 1. The molecule has 0 radical (unpaired) electrons. The van der Waals surface area contributed by atoms with Crippen molar-refractivity contribution in [3.63, 3.8) is 0 Å². The van der Waals surface area contributed by atoms with Crippen molar-refractivity contribution in [3.05, 3.63) is 47.8 Å². The summed E-state index contributed by atoms with van der Waals surface area (Å²) in [4.78, 5) is 20.4. The Morgan fingerprint density at radius 1 is 1.27 bits per heavy atom. The molecule has 0 atom stereocenters. The summed E-state index contributed by atoms with van der Waals surface area (Å²) in [5.74, 6) is -0.295. The van der Waals surface area contributed by atoms with Gasteiger partial charge >= 0.3 is 6.18 Å². The van der Waals surface area contributed by atoms with Gasteiger partial charge in [-0.3, -0.25) is 9.79 Å². The number of allylic oxidation sites excluding steroid dienone is 1. The van der Waals surface area contributed by atoms with Gasteiger partial charge in [-0.1, -0.05) is 18.2 Å². The maximum Gasteiger partial charge on any atom is 0.433 e. The van der Waals surface area contributed by atoms with E-state index in [1.54, 1.807) is 30.5 Å². The molecule has 4 rings (SSSR count). The number of benzene rings is 1. The van der Waals surface area contributed by atoms with Crippen LogP contribution >= 0.6 is 0 Å². The highest BCUT2D eigenvalue weighted by Crippen LogP contribution is 2.45. The molecule has 0 bridgehead atoms. The van der Waals surface area contributed by atoms with E-state index in [0.717, 1.165) is 30.2 Å². The fourth-order valence-corrected chi connectivity index (χ4v) is 3.56. The number of aromatic nitrogens is 1. The topological polar surface area (TPSA) is 78.1 Å². The molecule has 0 saturated heterocycles. The molecule has 2 aromatic rings. The zero-order valence-corrected chi connectivity index (χ0v) is 16.1. The van der Waals surface area contributed by atoms with Crippen molar-refractivity contribution >= 4 is 28.2 Å². The minimum Gasteiger partial charge on any atom is -0.331 e. The number of halogens is 3. The summed E-state index contributed by atoms with van der Waals surface area (Å²) in [6.45, 7) is 0. The second-order valence-corrected chi connectivity index (χ2v) is 7.72. The van der Waals surface area contributed by atoms with Crippen molar-refractivity contribution in [2.75, 3.05) is 0 Å². The van der Waals surface area contributed by atoms with E-state index in [4.69, 9.17) is 5.26 Å². The third kappa shape index (κ3) is 4.06. The molecule has 0 unspecified atom stereocenters. The summed E-state index contributed by atoms with van der Waals surface area (Å²) in [6, 6.07) is 9.67. The van der Waals surface area contributed by atoms with E-state index < -0.39 is 17.3 Å². The normalized spacial score (nSPS) is 20.9. The molecule has 154 valence electrons. The van der Waals surface area contributed by atoms with Crippen molar-refractivity contribution in [2.24, 2.45) is 10.4 Å². The lowest BCUT2D eigenvalue weighted by Gasteiger charge is -2.18. The molecule has 1 aromatic carbocycles. The highest BCUT2D eigenvalue weighted by atomic mass is 19.4. The fourth-order valence-electron chi connectivity index (χ4n) is 3.56. The Labute approximate surface area is 171 Å². The Bertz CT molecular complexity index is 1110. The van der Waals surface area contributed by atoms with E-state index in [0.29, 0.717) is 31.1 Å². The number of para-hydroxylation sites is 1. The van der Waals surface area contributed by atoms with Crippen LogP contribution in [-0.2, 0) is 11.0 Å². The van der Waals surface area contributed by atoms with E-state index in [9.17, 15) is 18.0 Å². The van der Waals surface area contributed by atoms with Gasteiger partial charge in [0.25, 0.3) is 0 Å². The Hall–Kier alpha value is -3.21. The summed E-state index contributed by atoms with van der Waals surface area (Å²) in [6.07, 6.45) is 0.913. The minimum absolute atomic E-state index is 0.245. The lowest BCUT2D eigenvalue weighted by Crippen LogP contribution is -2.27. The van der Waals surface area contributed by atoms with Crippen LogP contribution in [-0.4, -0.2) is 16.6 Å². The van der Waals surface area contributed by atoms with Gasteiger partial charge in [0.05, 0.1) is 17.3 Å². The van der Waals surface area contributed by atoms with Crippen molar-refractivity contribution in [3.8, 4) is 6.07 Å². The number of hydrogen-bond acceptors (Lipinski definition) is 4. The number of pyridine rings is 1. The Balaban J connectivity index is 1.60. The summed E-state index contributed by atoms with van der Waals surface area (Å²) in [7, 11) is 0. The van der Waals surface area contributed by atoms with Crippen molar-refractivity contribution in [1.29, 1.82) is 5.26 Å². The third-order valence-electron chi connectivity index (χ3n) is 5.46. The van der Waals surface area contributed by atoms with Gasteiger partial charge < -0.3 is 5.32 Å². The van der Waals surface area contributed by atoms with E-state index in [1.807, 2.05) is 0 Å². The second kappa shape index (κ2) is 7.56.